The van der Waals surface area contributed by atoms with Crippen LogP contribution in [0.4, 0.5) is 11.5 Å². The van der Waals surface area contributed by atoms with E-state index in [2.05, 4.69) is 20.9 Å². The molecule has 0 radical (unpaired) electrons. The monoisotopic (exact) mass is 604 g/mol. The van der Waals surface area contributed by atoms with Crippen LogP contribution in [0.5, 0.6) is 0 Å². The number of amides is 2. The number of nitrogens with two attached hydrogens (primary N) is 1. The average Bonchev–Trinajstić information content (AvgIpc) is 2.97. The summed E-state index contributed by atoms with van der Waals surface area (Å²) in [5.41, 5.74) is 4.28. The molecule has 8 N–H and O–H groups in total. The molecule has 2 aliphatic heterocycles. The van der Waals surface area contributed by atoms with E-state index >= 15 is 0 Å². The van der Waals surface area contributed by atoms with E-state index in [1.807, 2.05) is 0 Å². The molecule has 0 saturated carbocycles. The van der Waals surface area contributed by atoms with Crippen molar-refractivity contribution < 1.29 is 39.1 Å². The fraction of sp³-hybridized carbons (Fsp3) is 0.571. The van der Waals surface area contributed by atoms with Crippen molar-refractivity contribution in [3.8, 4) is 0 Å². The number of benzene rings is 1. The zero-order valence-electron chi connectivity index (χ0n) is 24.5. The van der Waals surface area contributed by atoms with Crippen molar-refractivity contribution in [3.63, 3.8) is 0 Å². The Morgan fingerprint density at radius 1 is 1.09 bits per heavy atom. The molecular weight excluding hydrogens is 564 g/mol. The van der Waals surface area contributed by atoms with Crippen molar-refractivity contribution in [2.75, 3.05) is 24.3 Å². The maximum atomic E-state index is 12.8. The van der Waals surface area contributed by atoms with Crippen molar-refractivity contribution >= 4 is 23.3 Å². The summed E-state index contributed by atoms with van der Waals surface area (Å²) in [5, 5.41) is 38.2. The highest BCUT2D eigenvalue weighted by Gasteiger charge is 2.44. The minimum absolute atomic E-state index is 0.0477. The maximum absolute atomic E-state index is 12.8. The van der Waals surface area contributed by atoms with Crippen LogP contribution in [-0.2, 0) is 19.0 Å². The standard InChI is InChI=1S/C28H40N6O9/c1-14-18(43-25-23(37)22(36)21(30-4)15(2)42-25)9-10-20(41-14)34-12-11-19(33-27(34)40)32-24(38)16-5-7-17(8-6-16)31-26(39)28(3,29)13-35/h5-8,11-12,14-15,18,20-23,25,30,35-37H,9-10,13,29H2,1-4H3,(H,31,39)(H,32,33,38,40)/t14-,15+,18+,20-,21+,22-,23+,25?,28+/m0/s1. The van der Waals surface area contributed by atoms with Gasteiger partial charge in [-0.15, -0.1) is 0 Å². The lowest BCUT2D eigenvalue weighted by Crippen LogP contribution is -2.62. The molecule has 2 fully saturated rings. The first kappa shape index (κ1) is 32.6. The van der Waals surface area contributed by atoms with Gasteiger partial charge in [0.05, 0.1) is 31.0 Å². The highest BCUT2D eigenvalue weighted by molar-refractivity contribution is 6.04. The SMILES string of the molecule is CN[C@H]1[C@H](O)[C@@H](O)C(O[C@@H]2CC[C@@H](n3ccc(NC(=O)c4ccc(NC(=O)[C@](C)(N)CO)cc4)nc3=O)O[C@H]2C)O[C@@H]1C. The molecule has 1 aromatic carbocycles. The Hall–Kier alpha value is -3.28. The Balaban J connectivity index is 1.32. The highest BCUT2D eigenvalue weighted by atomic mass is 16.7. The molecule has 15 heteroatoms. The number of nitrogens with one attached hydrogen (secondary N) is 3. The van der Waals surface area contributed by atoms with Gasteiger partial charge < -0.3 is 51.2 Å². The van der Waals surface area contributed by atoms with E-state index in [-0.39, 0.29) is 11.4 Å². The lowest BCUT2D eigenvalue weighted by molar-refractivity contribution is -0.303. The first-order valence-corrected chi connectivity index (χ1v) is 14.1. The number of aromatic nitrogens is 2. The second-order valence-corrected chi connectivity index (χ2v) is 11.1. The summed E-state index contributed by atoms with van der Waals surface area (Å²) in [7, 11) is 1.68. The van der Waals surface area contributed by atoms with Crippen molar-refractivity contribution in [3.05, 3.63) is 52.6 Å². The van der Waals surface area contributed by atoms with E-state index in [1.165, 1.54) is 48.0 Å². The molecule has 0 bridgehead atoms. The Bertz CT molecular complexity index is 1340. The predicted molar refractivity (Wildman–Crippen MR) is 154 cm³/mol. The van der Waals surface area contributed by atoms with Crippen LogP contribution >= 0.6 is 0 Å². The number of carbonyl (C=O) groups is 2. The largest absolute Gasteiger partial charge is 0.394 e. The molecule has 2 aromatic rings. The number of likely N-dealkylation sites (N-methyl/N-ethyl adjacent to an activating group) is 1. The van der Waals surface area contributed by atoms with E-state index in [9.17, 15) is 29.7 Å². The van der Waals surface area contributed by atoms with Gasteiger partial charge in [-0.3, -0.25) is 14.2 Å². The van der Waals surface area contributed by atoms with Gasteiger partial charge in [-0.05, 0) is 71.0 Å². The Kier molecular flexibility index (Phi) is 10.3. The number of aliphatic hydroxyl groups is 3. The zero-order valence-corrected chi connectivity index (χ0v) is 24.5. The predicted octanol–water partition coefficient (Wildman–Crippen LogP) is -0.719. The van der Waals surface area contributed by atoms with Crippen LogP contribution in [-0.4, -0.2) is 98.7 Å². The first-order valence-electron chi connectivity index (χ1n) is 14.1. The van der Waals surface area contributed by atoms with Crippen molar-refractivity contribution in [2.24, 2.45) is 5.73 Å². The van der Waals surface area contributed by atoms with Gasteiger partial charge >= 0.3 is 5.69 Å². The van der Waals surface area contributed by atoms with Crippen LogP contribution in [0.15, 0.2) is 41.3 Å². The van der Waals surface area contributed by atoms with E-state index < -0.39 is 78.7 Å². The Morgan fingerprint density at radius 3 is 2.40 bits per heavy atom. The number of hydrogen-bond donors (Lipinski definition) is 7. The average molecular weight is 605 g/mol. The van der Waals surface area contributed by atoms with Gasteiger partial charge in [-0.1, -0.05) is 0 Å². The van der Waals surface area contributed by atoms with Gasteiger partial charge in [-0.2, -0.15) is 4.98 Å². The van der Waals surface area contributed by atoms with Gasteiger partial charge in [0, 0.05) is 17.4 Å². The number of carbonyl (C=O) groups excluding carboxylic acids is 2. The van der Waals surface area contributed by atoms with Crippen LogP contribution in [0.2, 0.25) is 0 Å². The van der Waals surface area contributed by atoms with Crippen LogP contribution < -0.4 is 27.4 Å². The van der Waals surface area contributed by atoms with Crippen LogP contribution in [0, 0.1) is 0 Å². The Labute approximate surface area is 248 Å². The quantitative estimate of drug-likeness (QED) is 0.189. The Morgan fingerprint density at radius 2 is 1.79 bits per heavy atom. The third kappa shape index (κ3) is 7.45. The summed E-state index contributed by atoms with van der Waals surface area (Å²) in [4.78, 5) is 41.6. The molecule has 2 saturated heterocycles. The number of ether oxygens (including phenoxy) is 3. The number of nitrogens with zero attached hydrogens (tertiary/aromatic N) is 2. The van der Waals surface area contributed by atoms with Gasteiger partial charge in [0.15, 0.2) is 6.29 Å². The molecule has 3 heterocycles. The second kappa shape index (κ2) is 13.6. The molecule has 0 aliphatic carbocycles. The molecular formula is C28H40N6O9. The number of anilines is 2. The molecule has 2 amide bonds. The summed E-state index contributed by atoms with van der Waals surface area (Å²) >= 11 is 0. The van der Waals surface area contributed by atoms with E-state index in [0.29, 0.717) is 18.5 Å². The van der Waals surface area contributed by atoms with E-state index in [4.69, 9.17) is 19.9 Å². The van der Waals surface area contributed by atoms with Gasteiger partial charge in [0.25, 0.3) is 5.91 Å². The van der Waals surface area contributed by atoms with Gasteiger partial charge in [0.1, 0.15) is 29.8 Å². The summed E-state index contributed by atoms with van der Waals surface area (Å²) in [6.45, 7) is 4.43. The molecule has 43 heavy (non-hydrogen) atoms. The van der Waals surface area contributed by atoms with Gasteiger partial charge in [0.2, 0.25) is 5.91 Å². The lowest BCUT2D eigenvalue weighted by Gasteiger charge is -2.44. The molecule has 9 atom stereocenters. The van der Waals surface area contributed by atoms with Crippen molar-refractivity contribution in [1.82, 2.24) is 14.9 Å². The fourth-order valence-electron chi connectivity index (χ4n) is 4.99. The van der Waals surface area contributed by atoms with E-state index in [1.54, 1.807) is 20.9 Å². The maximum Gasteiger partial charge on any atom is 0.351 e. The first-order chi connectivity index (χ1) is 20.3. The second-order valence-electron chi connectivity index (χ2n) is 11.1. The summed E-state index contributed by atoms with van der Waals surface area (Å²) in [6, 6.07) is 7.02. The third-order valence-corrected chi connectivity index (χ3v) is 7.72. The number of rotatable bonds is 9. The molecule has 1 unspecified atom stereocenters. The lowest BCUT2D eigenvalue weighted by atomic mass is 9.97. The molecule has 2 aliphatic rings. The van der Waals surface area contributed by atoms with Crippen LogP contribution in [0.25, 0.3) is 0 Å². The summed E-state index contributed by atoms with van der Waals surface area (Å²) < 4.78 is 19.1. The number of hydrogen-bond acceptors (Lipinski definition) is 12. The summed E-state index contributed by atoms with van der Waals surface area (Å²) in [5.74, 6) is -1.05. The molecule has 236 valence electrons. The molecule has 15 nitrogen and oxygen atoms in total. The van der Waals surface area contributed by atoms with Crippen molar-refractivity contribution in [2.45, 2.75) is 88.2 Å². The van der Waals surface area contributed by atoms with Crippen LogP contribution in [0.3, 0.4) is 0 Å². The highest BCUT2D eigenvalue weighted by Crippen LogP contribution is 2.31. The molecule has 4 rings (SSSR count). The zero-order chi connectivity index (χ0) is 31.5. The molecule has 0 spiro atoms. The summed E-state index contributed by atoms with van der Waals surface area (Å²) in [6.07, 6.45) is -2.89. The third-order valence-electron chi connectivity index (χ3n) is 7.72. The fourth-order valence-corrected chi connectivity index (χ4v) is 4.99. The van der Waals surface area contributed by atoms with Gasteiger partial charge in [-0.25, -0.2) is 4.79 Å². The minimum Gasteiger partial charge on any atom is -0.394 e. The molecule has 1 aromatic heterocycles. The minimum atomic E-state index is -1.45. The van der Waals surface area contributed by atoms with Crippen molar-refractivity contribution in [1.29, 1.82) is 0 Å². The topological polar surface area (TPSA) is 220 Å². The van der Waals surface area contributed by atoms with Crippen LogP contribution in [0.1, 0.15) is 50.2 Å². The normalized spacial score (nSPS) is 30.7. The van der Waals surface area contributed by atoms with E-state index in [0.717, 1.165) is 0 Å². The smallest absolute Gasteiger partial charge is 0.351 e. The number of aliphatic hydroxyl groups excluding tert-OH is 3.